The lowest BCUT2D eigenvalue weighted by Crippen LogP contribution is -2.21. The highest BCUT2D eigenvalue weighted by molar-refractivity contribution is 5.30. The number of hydrogen-bond acceptors (Lipinski definition) is 3. The highest BCUT2D eigenvalue weighted by atomic mass is 16.5. The second kappa shape index (κ2) is 9.02. The van der Waals surface area contributed by atoms with Crippen LogP contribution in [0.3, 0.4) is 0 Å². The molecule has 0 heterocycles. The van der Waals surface area contributed by atoms with Crippen LogP contribution in [0.4, 0.5) is 0 Å². The van der Waals surface area contributed by atoms with Crippen LogP contribution >= 0.6 is 0 Å². The lowest BCUT2D eigenvalue weighted by atomic mass is 10.1. The van der Waals surface area contributed by atoms with Crippen molar-refractivity contribution >= 4 is 0 Å². The van der Waals surface area contributed by atoms with Gasteiger partial charge < -0.3 is 15.2 Å². The zero-order valence-electron chi connectivity index (χ0n) is 14.1. The van der Waals surface area contributed by atoms with Gasteiger partial charge in [0.2, 0.25) is 0 Å². The van der Waals surface area contributed by atoms with Gasteiger partial charge in [0.1, 0.15) is 12.4 Å². The van der Waals surface area contributed by atoms with Crippen LogP contribution in [0.25, 0.3) is 0 Å². The van der Waals surface area contributed by atoms with E-state index in [1.165, 1.54) is 5.56 Å². The molecule has 0 spiro atoms. The SMILES string of the molecule is OC(CNCc1ccccc1)c1cccc(OCc2ccccc2)c1. The van der Waals surface area contributed by atoms with Crippen molar-refractivity contribution in [2.75, 3.05) is 6.54 Å². The lowest BCUT2D eigenvalue weighted by Gasteiger charge is -2.14. The van der Waals surface area contributed by atoms with Gasteiger partial charge in [-0.1, -0.05) is 72.8 Å². The van der Waals surface area contributed by atoms with Crippen molar-refractivity contribution in [3.8, 4) is 5.75 Å². The van der Waals surface area contributed by atoms with Crippen LogP contribution in [0, 0.1) is 0 Å². The van der Waals surface area contributed by atoms with Crippen molar-refractivity contribution in [3.63, 3.8) is 0 Å². The van der Waals surface area contributed by atoms with Crippen LogP contribution < -0.4 is 10.1 Å². The Morgan fingerprint density at radius 2 is 1.48 bits per heavy atom. The molecule has 0 aliphatic rings. The normalized spacial score (nSPS) is 11.9. The zero-order valence-corrected chi connectivity index (χ0v) is 14.1. The summed E-state index contributed by atoms with van der Waals surface area (Å²) in [6, 6.07) is 27.9. The minimum atomic E-state index is -0.566. The third-order valence-corrected chi connectivity index (χ3v) is 4.00. The first-order valence-corrected chi connectivity index (χ1v) is 8.50. The van der Waals surface area contributed by atoms with E-state index in [4.69, 9.17) is 4.74 Å². The molecule has 1 atom stereocenters. The molecular formula is C22H23NO2. The van der Waals surface area contributed by atoms with Crippen molar-refractivity contribution < 1.29 is 9.84 Å². The van der Waals surface area contributed by atoms with Gasteiger partial charge in [0.05, 0.1) is 6.10 Å². The van der Waals surface area contributed by atoms with Gasteiger partial charge in [-0.25, -0.2) is 0 Å². The molecule has 0 saturated carbocycles. The molecule has 1 unspecified atom stereocenters. The Hall–Kier alpha value is -2.62. The Labute approximate surface area is 148 Å². The predicted molar refractivity (Wildman–Crippen MR) is 100 cm³/mol. The Kier molecular flexibility index (Phi) is 6.21. The van der Waals surface area contributed by atoms with Crippen LogP contribution in [-0.4, -0.2) is 11.7 Å². The summed E-state index contributed by atoms with van der Waals surface area (Å²) in [6.07, 6.45) is -0.566. The summed E-state index contributed by atoms with van der Waals surface area (Å²) in [6.45, 7) is 1.76. The molecule has 0 radical (unpaired) electrons. The first kappa shape index (κ1) is 17.2. The van der Waals surface area contributed by atoms with Crippen LogP contribution in [0.5, 0.6) is 5.75 Å². The fourth-order valence-corrected chi connectivity index (χ4v) is 2.62. The molecule has 0 amide bonds. The molecule has 0 aromatic heterocycles. The first-order chi connectivity index (χ1) is 12.3. The van der Waals surface area contributed by atoms with E-state index in [2.05, 4.69) is 17.4 Å². The first-order valence-electron chi connectivity index (χ1n) is 8.50. The van der Waals surface area contributed by atoms with E-state index in [0.717, 1.165) is 23.4 Å². The number of aliphatic hydroxyl groups excluding tert-OH is 1. The van der Waals surface area contributed by atoms with E-state index < -0.39 is 6.10 Å². The fraction of sp³-hybridized carbons (Fsp3) is 0.182. The van der Waals surface area contributed by atoms with Crippen molar-refractivity contribution in [1.29, 1.82) is 0 Å². The molecule has 3 aromatic rings. The Morgan fingerprint density at radius 3 is 2.20 bits per heavy atom. The smallest absolute Gasteiger partial charge is 0.120 e. The highest BCUT2D eigenvalue weighted by Crippen LogP contribution is 2.20. The number of rotatable bonds is 8. The van der Waals surface area contributed by atoms with Gasteiger partial charge >= 0.3 is 0 Å². The molecule has 3 nitrogen and oxygen atoms in total. The standard InChI is InChI=1S/C22H23NO2/c24-22(16-23-15-18-8-3-1-4-9-18)20-12-7-13-21(14-20)25-17-19-10-5-2-6-11-19/h1-14,22-24H,15-17H2. The Morgan fingerprint density at radius 1 is 0.800 bits per heavy atom. The van der Waals surface area contributed by atoms with E-state index >= 15 is 0 Å². The van der Waals surface area contributed by atoms with E-state index in [1.54, 1.807) is 0 Å². The molecular weight excluding hydrogens is 310 g/mol. The fourth-order valence-electron chi connectivity index (χ4n) is 2.62. The zero-order chi connectivity index (χ0) is 17.3. The molecule has 0 aliphatic heterocycles. The van der Waals surface area contributed by atoms with E-state index in [-0.39, 0.29) is 0 Å². The third-order valence-electron chi connectivity index (χ3n) is 4.00. The topological polar surface area (TPSA) is 41.5 Å². The summed E-state index contributed by atoms with van der Waals surface area (Å²) in [4.78, 5) is 0. The lowest BCUT2D eigenvalue weighted by molar-refractivity contribution is 0.173. The van der Waals surface area contributed by atoms with E-state index in [0.29, 0.717) is 13.2 Å². The molecule has 3 heteroatoms. The number of ether oxygens (including phenoxy) is 1. The largest absolute Gasteiger partial charge is 0.489 e. The molecule has 0 bridgehead atoms. The van der Waals surface area contributed by atoms with Crippen LogP contribution in [-0.2, 0) is 13.2 Å². The highest BCUT2D eigenvalue weighted by Gasteiger charge is 2.08. The second-order valence-electron chi connectivity index (χ2n) is 5.98. The predicted octanol–water partition coefficient (Wildman–Crippen LogP) is 4.09. The maximum absolute atomic E-state index is 10.4. The summed E-state index contributed by atoms with van der Waals surface area (Å²) in [5.41, 5.74) is 3.18. The van der Waals surface area contributed by atoms with Gasteiger partial charge in [-0.3, -0.25) is 0 Å². The molecule has 0 aliphatic carbocycles. The molecule has 3 rings (SSSR count). The van der Waals surface area contributed by atoms with Crippen LogP contribution in [0.15, 0.2) is 84.9 Å². The maximum Gasteiger partial charge on any atom is 0.120 e. The van der Waals surface area contributed by atoms with E-state index in [9.17, 15) is 5.11 Å². The third kappa shape index (κ3) is 5.45. The van der Waals surface area contributed by atoms with Gasteiger partial charge in [-0.05, 0) is 28.8 Å². The van der Waals surface area contributed by atoms with Gasteiger partial charge in [0, 0.05) is 13.1 Å². The van der Waals surface area contributed by atoms with Crippen molar-refractivity contribution in [1.82, 2.24) is 5.32 Å². The molecule has 128 valence electrons. The number of benzene rings is 3. The van der Waals surface area contributed by atoms with Gasteiger partial charge in [-0.15, -0.1) is 0 Å². The Bertz CT molecular complexity index is 759. The molecule has 2 N–H and O–H groups in total. The monoisotopic (exact) mass is 333 g/mol. The van der Waals surface area contributed by atoms with Crippen molar-refractivity contribution in [2.24, 2.45) is 0 Å². The van der Waals surface area contributed by atoms with Crippen molar-refractivity contribution in [3.05, 3.63) is 102 Å². The van der Waals surface area contributed by atoms with Crippen LogP contribution in [0.1, 0.15) is 22.8 Å². The summed E-state index contributed by atoms with van der Waals surface area (Å²) in [7, 11) is 0. The molecule has 0 fully saturated rings. The summed E-state index contributed by atoms with van der Waals surface area (Å²) in [5.74, 6) is 0.767. The minimum Gasteiger partial charge on any atom is -0.489 e. The Balaban J connectivity index is 1.51. The average Bonchev–Trinajstić information content (AvgIpc) is 2.68. The summed E-state index contributed by atoms with van der Waals surface area (Å²) < 4.78 is 5.83. The van der Waals surface area contributed by atoms with Gasteiger partial charge in [0.15, 0.2) is 0 Å². The number of hydrogen-bond donors (Lipinski definition) is 2. The maximum atomic E-state index is 10.4. The number of aliphatic hydroxyl groups is 1. The van der Waals surface area contributed by atoms with Crippen molar-refractivity contribution in [2.45, 2.75) is 19.3 Å². The van der Waals surface area contributed by atoms with Gasteiger partial charge in [0.25, 0.3) is 0 Å². The molecule has 3 aromatic carbocycles. The van der Waals surface area contributed by atoms with Gasteiger partial charge in [-0.2, -0.15) is 0 Å². The minimum absolute atomic E-state index is 0.497. The molecule has 25 heavy (non-hydrogen) atoms. The summed E-state index contributed by atoms with van der Waals surface area (Å²) >= 11 is 0. The number of nitrogens with one attached hydrogen (secondary N) is 1. The van der Waals surface area contributed by atoms with E-state index in [1.807, 2.05) is 72.8 Å². The average molecular weight is 333 g/mol. The molecule has 0 saturated heterocycles. The quantitative estimate of drug-likeness (QED) is 0.652. The summed E-state index contributed by atoms with van der Waals surface area (Å²) in [5, 5.41) is 13.7. The van der Waals surface area contributed by atoms with Crippen LogP contribution in [0.2, 0.25) is 0 Å². The second-order valence-corrected chi connectivity index (χ2v) is 5.98.